The van der Waals surface area contributed by atoms with Gasteiger partial charge in [0.25, 0.3) is 0 Å². The molecule has 19 heavy (non-hydrogen) atoms. The van der Waals surface area contributed by atoms with Gasteiger partial charge in [-0.2, -0.15) is 5.10 Å². The monoisotopic (exact) mass is 270 g/mol. The van der Waals surface area contributed by atoms with Gasteiger partial charge in [-0.25, -0.2) is 9.59 Å². The van der Waals surface area contributed by atoms with Gasteiger partial charge in [0.2, 0.25) is 0 Å². The minimum Gasteiger partial charge on any atom is -0.480 e. The number of carbonyl (C=O) groups is 2. The first kappa shape index (κ1) is 15.0. The van der Waals surface area contributed by atoms with E-state index in [0.717, 1.165) is 0 Å². The number of rotatable bonds is 7. The van der Waals surface area contributed by atoms with Crippen LogP contribution in [0.4, 0.5) is 10.5 Å². The fourth-order valence-corrected chi connectivity index (χ4v) is 1.40. The predicted octanol–water partition coefficient (Wildman–Crippen LogP) is 0.514. The molecule has 1 heterocycles. The molecule has 0 radical (unpaired) electrons. The lowest BCUT2D eigenvalue weighted by atomic mass is 10.2. The topological polar surface area (TPSA) is 105 Å². The molecular formula is C11H18N4O4. The molecular weight excluding hydrogens is 252 g/mol. The fourth-order valence-electron chi connectivity index (χ4n) is 1.40. The van der Waals surface area contributed by atoms with Gasteiger partial charge >= 0.3 is 12.0 Å². The third-order valence-corrected chi connectivity index (χ3v) is 2.43. The first-order valence-electron chi connectivity index (χ1n) is 5.88. The third-order valence-electron chi connectivity index (χ3n) is 2.43. The Balaban J connectivity index is 2.47. The highest BCUT2D eigenvalue weighted by Gasteiger charge is 2.17. The third kappa shape index (κ3) is 4.96. The molecule has 1 atom stereocenters. The number of aromatic nitrogens is 2. The van der Waals surface area contributed by atoms with Gasteiger partial charge in [-0.1, -0.05) is 6.92 Å². The number of carboxylic acid groups (broad SMARTS) is 1. The summed E-state index contributed by atoms with van der Waals surface area (Å²) in [6, 6.07) is -1.47. The van der Waals surface area contributed by atoms with Crippen LogP contribution in [0.5, 0.6) is 0 Å². The Bertz CT molecular complexity index is 432. The van der Waals surface area contributed by atoms with E-state index in [1.807, 2.05) is 0 Å². The first-order chi connectivity index (χ1) is 9.06. The molecule has 0 aliphatic carbocycles. The number of anilines is 1. The van der Waals surface area contributed by atoms with E-state index in [9.17, 15) is 9.59 Å². The summed E-state index contributed by atoms with van der Waals surface area (Å²) in [6.07, 6.45) is 3.44. The van der Waals surface area contributed by atoms with Crippen molar-refractivity contribution in [3.8, 4) is 0 Å². The van der Waals surface area contributed by atoms with Crippen LogP contribution in [-0.4, -0.2) is 46.6 Å². The minimum absolute atomic E-state index is 0.315. The van der Waals surface area contributed by atoms with Gasteiger partial charge in [-0.05, 0) is 6.42 Å². The average molecular weight is 270 g/mol. The van der Waals surface area contributed by atoms with Crippen LogP contribution in [0.25, 0.3) is 0 Å². The van der Waals surface area contributed by atoms with E-state index in [0.29, 0.717) is 25.3 Å². The Morgan fingerprint density at radius 2 is 2.32 bits per heavy atom. The van der Waals surface area contributed by atoms with Crippen LogP contribution in [0.1, 0.15) is 13.3 Å². The van der Waals surface area contributed by atoms with Crippen molar-refractivity contribution in [2.24, 2.45) is 0 Å². The number of aliphatic carboxylic acids is 1. The lowest BCUT2D eigenvalue weighted by molar-refractivity contribution is -0.139. The lowest BCUT2D eigenvalue weighted by Crippen LogP contribution is -2.42. The molecule has 8 nitrogen and oxygen atoms in total. The summed E-state index contributed by atoms with van der Waals surface area (Å²) in [5.74, 6) is -1.06. The quantitative estimate of drug-likeness (QED) is 0.669. The van der Waals surface area contributed by atoms with Crippen LogP contribution >= 0.6 is 0 Å². The smallest absolute Gasteiger partial charge is 0.326 e. The van der Waals surface area contributed by atoms with Gasteiger partial charge in [0.15, 0.2) is 0 Å². The summed E-state index contributed by atoms with van der Waals surface area (Å²) in [7, 11) is 1.59. The van der Waals surface area contributed by atoms with Crippen molar-refractivity contribution in [1.82, 2.24) is 15.1 Å². The SMILES string of the molecule is CC[C@@H](NC(=O)Nc1cnn(CCOC)c1)C(=O)O. The first-order valence-corrected chi connectivity index (χ1v) is 5.88. The van der Waals surface area contributed by atoms with Gasteiger partial charge in [-0.15, -0.1) is 0 Å². The van der Waals surface area contributed by atoms with Gasteiger partial charge < -0.3 is 20.5 Å². The van der Waals surface area contributed by atoms with E-state index in [-0.39, 0.29) is 0 Å². The number of amides is 2. The molecule has 1 aromatic rings. The molecule has 1 rings (SSSR count). The highest BCUT2D eigenvalue weighted by molar-refractivity contribution is 5.91. The molecule has 0 fully saturated rings. The van der Waals surface area contributed by atoms with Gasteiger partial charge in [0, 0.05) is 13.3 Å². The van der Waals surface area contributed by atoms with Crippen LogP contribution < -0.4 is 10.6 Å². The summed E-state index contributed by atoms with van der Waals surface area (Å²) in [5, 5.41) is 17.7. The second kappa shape index (κ2) is 7.37. The highest BCUT2D eigenvalue weighted by atomic mass is 16.5. The van der Waals surface area contributed by atoms with Crippen LogP contribution in [0, 0.1) is 0 Å². The minimum atomic E-state index is -1.06. The molecule has 0 saturated heterocycles. The van der Waals surface area contributed by atoms with Crippen molar-refractivity contribution in [3.63, 3.8) is 0 Å². The zero-order valence-electron chi connectivity index (χ0n) is 10.9. The maximum atomic E-state index is 11.6. The number of carbonyl (C=O) groups excluding carboxylic acids is 1. The maximum absolute atomic E-state index is 11.6. The lowest BCUT2D eigenvalue weighted by Gasteiger charge is -2.12. The van der Waals surface area contributed by atoms with Gasteiger partial charge in [0.05, 0.1) is 25.0 Å². The number of nitrogens with zero attached hydrogens (tertiary/aromatic N) is 2. The van der Waals surface area contributed by atoms with E-state index in [4.69, 9.17) is 9.84 Å². The molecule has 0 aliphatic rings. The molecule has 3 N–H and O–H groups in total. The van der Waals surface area contributed by atoms with Crippen LogP contribution in [0.15, 0.2) is 12.4 Å². The van der Waals surface area contributed by atoms with Crippen molar-refractivity contribution >= 4 is 17.7 Å². The number of ether oxygens (including phenoxy) is 1. The highest BCUT2D eigenvalue weighted by Crippen LogP contribution is 2.04. The van der Waals surface area contributed by atoms with E-state index in [2.05, 4.69) is 15.7 Å². The predicted molar refractivity (Wildman–Crippen MR) is 68.0 cm³/mol. The molecule has 0 aliphatic heterocycles. The van der Waals surface area contributed by atoms with Crippen molar-refractivity contribution < 1.29 is 19.4 Å². The summed E-state index contributed by atoms with van der Waals surface area (Å²) >= 11 is 0. The number of methoxy groups -OCH3 is 1. The Labute approximate surface area is 110 Å². The van der Waals surface area contributed by atoms with Crippen molar-refractivity contribution in [2.45, 2.75) is 25.9 Å². The van der Waals surface area contributed by atoms with E-state index in [1.165, 1.54) is 6.20 Å². The Kier molecular flexibility index (Phi) is 5.80. The molecule has 1 aromatic heterocycles. The van der Waals surface area contributed by atoms with Crippen LogP contribution in [0.2, 0.25) is 0 Å². The number of hydrogen-bond donors (Lipinski definition) is 3. The molecule has 0 spiro atoms. The Morgan fingerprint density at radius 1 is 1.58 bits per heavy atom. The summed E-state index contributed by atoms with van der Waals surface area (Å²) < 4.78 is 6.52. The van der Waals surface area contributed by atoms with Crippen molar-refractivity contribution in [3.05, 3.63) is 12.4 Å². The maximum Gasteiger partial charge on any atom is 0.326 e. The second-order valence-corrected chi connectivity index (χ2v) is 3.88. The molecule has 106 valence electrons. The molecule has 0 aromatic carbocycles. The molecule has 0 saturated carbocycles. The summed E-state index contributed by atoms with van der Waals surface area (Å²) in [4.78, 5) is 22.3. The van der Waals surface area contributed by atoms with E-state index >= 15 is 0 Å². The van der Waals surface area contributed by atoms with Gasteiger partial charge in [0.1, 0.15) is 6.04 Å². The second-order valence-electron chi connectivity index (χ2n) is 3.88. The molecule has 0 unspecified atom stereocenters. The number of carboxylic acids is 1. The Morgan fingerprint density at radius 3 is 2.89 bits per heavy atom. The molecule has 0 bridgehead atoms. The van der Waals surface area contributed by atoms with E-state index in [1.54, 1.807) is 24.9 Å². The van der Waals surface area contributed by atoms with Crippen molar-refractivity contribution in [1.29, 1.82) is 0 Å². The number of hydrogen-bond acceptors (Lipinski definition) is 4. The molecule has 2 amide bonds. The van der Waals surface area contributed by atoms with Gasteiger partial charge in [-0.3, -0.25) is 4.68 Å². The van der Waals surface area contributed by atoms with Crippen molar-refractivity contribution in [2.75, 3.05) is 19.0 Å². The van der Waals surface area contributed by atoms with E-state index < -0.39 is 18.0 Å². The zero-order valence-corrected chi connectivity index (χ0v) is 10.9. The average Bonchev–Trinajstić information content (AvgIpc) is 2.80. The number of urea groups is 1. The summed E-state index contributed by atoms with van der Waals surface area (Å²) in [6.45, 7) is 2.78. The molecule has 8 heteroatoms. The zero-order chi connectivity index (χ0) is 14.3. The van der Waals surface area contributed by atoms with Crippen LogP contribution in [0.3, 0.4) is 0 Å². The Hall–Kier alpha value is -2.09. The fraction of sp³-hybridized carbons (Fsp3) is 0.545. The normalized spacial score (nSPS) is 11.9. The number of nitrogens with one attached hydrogen (secondary N) is 2. The standard InChI is InChI=1S/C11H18N4O4/c1-3-9(10(16)17)14-11(18)13-8-6-12-15(7-8)4-5-19-2/h6-7,9H,3-5H2,1-2H3,(H,16,17)(H2,13,14,18)/t9-/m1/s1. The summed E-state index contributed by atoms with van der Waals surface area (Å²) in [5.41, 5.74) is 0.494. The largest absolute Gasteiger partial charge is 0.480 e. The van der Waals surface area contributed by atoms with Crippen LogP contribution in [-0.2, 0) is 16.1 Å².